The fourth-order valence-electron chi connectivity index (χ4n) is 5.01. The summed E-state index contributed by atoms with van der Waals surface area (Å²) in [5.41, 5.74) is 5.83. The minimum absolute atomic E-state index is 0.0833. The molecule has 0 saturated carbocycles. The molecule has 0 unspecified atom stereocenters. The predicted molar refractivity (Wildman–Crippen MR) is 141 cm³/mol. The van der Waals surface area contributed by atoms with Crippen LogP contribution in [0.2, 0.25) is 0 Å². The van der Waals surface area contributed by atoms with E-state index in [1.807, 2.05) is 60.1 Å². The molecule has 0 aliphatic carbocycles. The summed E-state index contributed by atoms with van der Waals surface area (Å²) in [5, 5.41) is 8.33. The second-order valence-electron chi connectivity index (χ2n) is 9.55. The van der Waals surface area contributed by atoms with Crippen LogP contribution in [0.15, 0.2) is 55.0 Å². The average molecular weight is 516 g/mol. The molecule has 4 aromatic rings. The molecule has 38 heavy (non-hydrogen) atoms. The van der Waals surface area contributed by atoms with Crippen LogP contribution in [0, 0.1) is 18.2 Å². The Bertz CT molecular complexity index is 1570. The quantitative estimate of drug-likeness (QED) is 0.402. The van der Waals surface area contributed by atoms with Crippen LogP contribution in [0.5, 0.6) is 11.5 Å². The maximum Gasteiger partial charge on any atom is 0.254 e. The summed E-state index contributed by atoms with van der Waals surface area (Å²) >= 11 is 0. The standard InChI is InChI=1S/C29H30FN5O3/c1-18-9-21(30)15-32-27(18)25-12-20(17-35-8-7-33(2)29(35)31)13-26-24(25)5-6-34(28(26)36)16-19-10-22(37-3)14-23(11-19)38-4/h7-15,31H,5-6,16-17H2,1-4H3. The molecule has 0 saturated heterocycles. The number of methoxy groups -OCH3 is 2. The molecule has 0 radical (unpaired) electrons. The Morgan fingerprint density at radius 2 is 1.66 bits per heavy atom. The van der Waals surface area contributed by atoms with E-state index in [4.69, 9.17) is 14.9 Å². The fraction of sp³-hybridized carbons (Fsp3) is 0.276. The minimum atomic E-state index is -0.397. The summed E-state index contributed by atoms with van der Waals surface area (Å²) in [6.07, 6.45) is 5.51. The van der Waals surface area contributed by atoms with Gasteiger partial charge in [0.25, 0.3) is 5.91 Å². The van der Waals surface area contributed by atoms with Crippen LogP contribution < -0.4 is 15.1 Å². The summed E-state index contributed by atoms with van der Waals surface area (Å²) < 4.78 is 28.2. The molecule has 0 atom stereocenters. The van der Waals surface area contributed by atoms with Gasteiger partial charge in [-0.3, -0.25) is 15.2 Å². The lowest BCUT2D eigenvalue weighted by Crippen LogP contribution is -2.37. The molecule has 8 nitrogen and oxygen atoms in total. The van der Waals surface area contributed by atoms with Gasteiger partial charge in [-0.15, -0.1) is 0 Å². The zero-order valence-electron chi connectivity index (χ0n) is 21.9. The summed E-state index contributed by atoms with van der Waals surface area (Å²) in [6.45, 7) is 3.18. The van der Waals surface area contributed by atoms with E-state index in [2.05, 4.69) is 4.98 Å². The number of carbonyl (C=O) groups is 1. The molecule has 1 aliphatic heterocycles. The number of aryl methyl sites for hydroxylation is 2. The molecule has 5 rings (SSSR count). The van der Waals surface area contributed by atoms with Gasteiger partial charge in [-0.05, 0) is 65.9 Å². The number of fused-ring (bicyclic) bond motifs is 1. The Hall–Kier alpha value is -4.40. The fourth-order valence-corrected chi connectivity index (χ4v) is 5.01. The van der Waals surface area contributed by atoms with E-state index < -0.39 is 5.82 Å². The van der Waals surface area contributed by atoms with Crippen molar-refractivity contribution in [3.8, 4) is 22.8 Å². The minimum Gasteiger partial charge on any atom is -0.497 e. The molecule has 9 heteroatoms. The highest BCUT2D eigenvalue weighted by molar-refractivity contribution is 5.99. The topological polar surface area (TPSA) is 85.4 Å². The van der Waals surface area contributed by atoms with Crippen molar-refractivity contribution in [1.29, 1.82) is 5.41 Å². The van der Waals surface area contributed by atoms with Crippen molar-refractivity contribution in [2.75, 3.05) is 20.8 Å². The van der Waals surface area contributed by atoms with Gasteiger partial charge in [0, 0.05) is 49.7 Å². The molecular weight excluding hydrogens is 485 g/mol. The molecule has 2 aromatic carbocycles. The number of aromatic nitrogens is 3. The van der Waals surface area contributed by atoms with Crippen molar-refractivity contribution in [3.63, 3.8) is 0 Å². The molecule has 0 fully saturated rings. The van der Waals surface area contributed by atoms with Gasteiger partial charge in [-0.2, -0.15) is 0 Å². The van der Waals surface area contributed by atoms with Crippen LogP contribution in [0.25, 0.3) is 11.3 Å². The Morgan fingerprint density at radius 1 is 0.974 bits per heavy atom. The number of nitrogens with one attached hydrogen (secondary N) is 1. The van der Waals surface area contributed by atoms with E-state index in [-0.39, 0.29) is 5.91 Å². The van der Waals surface area contributed by atoms with Crippen molar-refractivity contribution >= 4 is 5.91 Å². The number of hydrogen-bond acceptors (Lipinski definition) is 5. The van der Waals surface area contributed by atoms with Crippen LogP contribution in [0.1, 0.15) is 32.6 Å². The Balaban J connectivity index is 1.57. The molecule has 1 aliphatic rings. The number of ether oxygens (including phenoxy) is 2. The van der Waals surface area contributed by atoms with Crippen molar-refractivity contribution in [3.05, 3.63) is 94.2 Å². The number of rotatable bonds is 7. The van der Waals surface area contributed by atoms with Crippen LogP contribution in [0.4, 0.5) is 4.39 Å². The SMILES string of the molecule is COc1cc(CN2CCc3c(cc(Cn4ccn(C)c4=N)cc3-c3ncc(F)cc3C)C2=O)cc(OC)c1. The molecule has 196 valence electrons. The first kappa shape index (κ1) is 25.3. The van der Waals surface area contributed by atoms with Gasteiger partial charge >= 0.3 is 0 Å². The third-order valence-electron chi connectivity index (χ3n) is 6.97. The monoisotopic (exact) mass is 515 g/mol. The number of nitrogens with zero attached hydrogens (tertiary/aromatic N) is 4. The first-order valence-corrected chi connectivity index (χ1v) is 12.3. The summed E-state index contributed by atoms with van der Waals surface area (Å²) in [6, 6.07) is 11.0. The first-order chi connectivity index (χ1) is 18.3. The number of amides is 1. The first-order valence-electron chi connectivity index (χ1n) is 12.3. The molecular formula is C29H30FN5O3. The van der Waals surface area contributed by atoms with Crippen molar-refractivity contribution in [1.82, 2.24) is 19.0 Å². The Kier molecular flexibility index (Phi) is 6.75. The number of halogens is 1. The van der Waals surface area contributed by atoms with E-state index in [1.165, 1.54) is 12.3 Å². The maximum atomic E-state index is 13.9. The lowest BCUT2D eigenvalue weighted by Gasteiger charge is -2.31. The zero-order valence-corrected chi connectivity index (χ0v) is 21.9. The lowest BCUT2D eigenvalue weighted by molar-refractivity contribution is 0.0726. The smallest absolute Gasteiger partial charge is 0.254 e. The number of pyridine rings is 1. The van der Waals surface area contributed by atoms with E-state index in [0.29, 0.717) is 60.0 Å². The lowest BCUT2D eigenvalue weighted by atomic mass is 9.88. The average Bonchev–Trinajstić information content (AvgIpc) is 3.22. The zero-order chi connectivity index (χ0) is 27.0. The highest BCUT2D eigenvalue weighted by Crippen LogP contribution is 2.34. The third-order valence-corrected chi connectivity index (χ3v) is 6.97. The highest BCUT2D eigenvalue weighted by Gasteiger charge is 2.28. The Morgan fingerprint density at radius 3 is 2.29 bits per heavy atom. The number of hydrogen-bond donors (Lipinski definition) is 1. The number of benzene rings is 2. The molecule has 1 N–H and O–H groups in total. The second-order valence-corrected chi connectivity index (χ2v) is 9.55. The van der Waals surface area contributed by atoms with Crippen molar-refractivity contribution in [2.24, 2.45) is 7.05 Å². The van der Waals surface area contributed by atoms with Gasteiger partial charge < -0.3 is 23.5 Å². The molecule has 2 aromatic heterocycles. The van der Waals surface area contributed by atoms with E-state index in [1.54, 1.807) is 24.9 Å². The molecule has 3 heterocycles. The van der Waals surface area contributed by atoms with E-state index in [0.717, 1.165) is 22.3 Å². The van der Waals surface area contributed by atoms with Gasteiger partial charge in [-0.25, -0.2) is 4.39 Å². The second kappa shape index (κ2) is 10.2. The van der Waals surface area contributed by atoms with E-state index in [9.17, 15) is 9.18 Å². The predicted octanol–water partition coefficient (Wildman–Crippen LogP) is 4.08. The normalized spacial score (nSPS) is 13.0. The van der Waals surface area contributed by atoms with Gasteiger partial charge in [-0.1, -0.05) is 0 Å². The van der Waals surface area contributed by atoms with Gasteiger partial charge in [0.15, 0.2) is 0 Å². The third kappa shape index (κ3) is 4.79. The molecule has 0 bridgehead atoms. The van der Waals surface area contributed by atoms with Crippen LogP contribution in [-0.2, 0) is 26.6 Å². The van der Waals surface area contributed by atoms with Gasteiger partial charge in [0.2, 0.25) is 5.62 Å². The highest BCUT2D eigenvalue weighted by atomic mass is 19.1. The molecule has 0 spiro atoms. The van der Waals surface area contributed by atoms with Crippen LogP contribution >= 0.6 is 0 Å². The Labute approximate surface area is 220 Å². The van der Waals surface area contributed by atoms with Crippen LogP contribution in [-0.4, -0.2) is 45.7 Å². The van der Waals surface area contributed by atoms with Gasteiger partial charge in [0.1, 0.15) is 17.3 Å². The van der Waals surface area contributed by atoms with E-state index >= 15 is 0 Å². The summed E-state index contributed by atoms with van der Waals surface area (Å²) in [4.78, 5) is 20.1. The summed E-state index contributed by atoms with van der Waals surface area (Å²) in [7, 11) is 5.02. The van der Waals surface area contributed by atoms with Crippen LogP contribution in [0.3, 0.4) is 0 Å². The van der Waals surface area contributed by atoms with Crippen molar-refractivity contribution in [2.45, 2.75) is 26.4 Å². The number of imidazole rings is 1. The van der Waals surface area contributed by atoms with Crippen molar-refractivity contribution < 1.29 is 18.7 Å². The number of carbonyl (C=O) groups excluding carboxylic acids is 1. The summed E-state index contributed by atoms with van der Waals surface area (Å²) in [5.74, 6) is 0.849. The largest absolute Gasteiger partial charge is 0.497 e. The van der Waals surface area contributed by atoms with Gasteiger partial charge in [0.05, 0.1) is 32.7 Å². The maximum absolute atomic E-state index is 13.9. The molecule has 1 amide bonds.